The normalized spacial score (nSPS) is 15.5. The van der Waals surface area contributed by atoms with Crippen molar-refractivity contribution >= 4 is 11.5 Å². The number of nitro groups is 1. The summed E-state index contributed by atoms with van der Waals surface area (Å²) in [6.07, 6.45) is 1.12. The van der Waals surface area contributed by atoms with E-state index in [4.69, 9.17) is 4.74 Å². The van der Waals surface area contributed by atoms with Crippen molar-refractivity contribution in [3.63, 3.8) is 0 Å². The van der Waals surface area contributed by atoms with Gasteiger partial charge >= 0.3 is 5.69 Å². The number of hydrogen-bond acceptors (Lipinski definition) is 5. The highest BCUT2D eigenvalue weighted by Crippen LogP contribution is 2.47. The molecule has 0 radical (unpaired) electrons. The van der Waals surface area contributed by atoms with Crippen molar-refractivity contribution in [1.29, 1.82) is 0 Å². The highest BCUT2D eigenvalue weighted by molar-refractivity contribution is 6.06. The van der Waals surface area contributed by atoms with Gasteiger partial charge in [0.15, 0.2) is 11.5 Å². The topological polar surface area (TPSA) is 89.7 Å². The zero-order valence-electron chi connectivity index (χ0n) is 14.1. The lowest BCUT2D eigenvalue weighted by molar-refractivity contribution is -0.386. The van der Waals surface area contributed by atoms with Crippen molar-refractivity contribution in [2.75, 3.05) is 0 Å². The molecule has 0 fully saturated rings. The number of benzene rings is 2. The van der Waals surface area contributed by atoms with E-state index in [-0.39, 0.29) is 23.7 Å². The number of phenolic OH excluding ortho intramolecular Hbond substituents is 1. The number of rotatable bonds is 4. The number of Topliss-reactive ketones (excluding diaryl/α,β-unsaturated/α-hetero) is 1. The molecule has 0 bridgehead atoms. The third kappa shape index (κ3) is 3.07. The summed E-state index contributed by atoms with van der Waals surface area (Å²) in [5.41, 5.74) is 0.192. The zero-order valence-corrected chi connectivity index (χ0v) is 14.1. The fraction of sp³-hybridized carbons (Fsp3) is 0.316. The Morgan fingerprint density at radius 1 is 1.28 bits per heavy atom. The summed E-state index contributed by atoms with van der Waals surface area (Å²) >= 11 is 0. The molecule has 0 saturated heterocycles. The number of nitro benzene ring substituents is 1. The largest absolute Gasteiger partial charge is 0.499 e. The van der Waals surface area contributed by atoms with Crippen molar-refractivity contribution in [2.45, 2.75) is 33.3 Å². The summed E-state index contributed by atoms with van der Waals surface area (Å²) in [6.45, 7) is 3.70. The molecule has 2 aromatic rings. The third-order valence-corrected chi connectivity index (χ3v) is 4.60. The first-order valence-electron chi connectivity index (χ1n) is 8.06. The molecule has 1 aliphatic carbocycles. The molecule has 130 valence electrons. The number of fused-ring (bicyclic) bond motifs is 1. The Morgan fingerprint density at radius 3 is 2.60 bits per heavy atom. The lowest BCUT2D eigenvalue weighted by Crippen LogP contribution is -2.31. The molecule has 1 aliphatic rings. The SMILES string of the molecule is CC1(C)CCc2cc(OCc3ccccc3)c(O)c([N+](=O)[O-])c2C1=O. The van der Waals surface area contributed by atoms with Crippen LogP contribution in [0.3, 0.4) is 0 Å². The first-order chi connectivity index (χ1) is 11.8. The quantitative estimate of drug-likeness (QED) is 0.670. The number of ketones is 1. The van der Waals surface area contributed by atoms with Gasteiger partial charge in [-0.05, 0) is 30.0 Å². The molecule has 0 unspecified atom stereocenters. The molecule has 0 spiro atoms. The molecular formula is C19H19NO5. The van der Waals surface area contributed by atoms with Crippen LogP contribution < -0.4 is 4.74 Å². The second-order valence-electron chi connectivity index (χ2n) is 6.85. The van der Waals surface area contributed by atoms with Crippen molar-refractivity contribution in [3.8, 4) is 11.5 Å². The van der Waals surface area contributed by atoms with Crippen molar-refractivity contribution in [3.05, 3.63) is 63.2 Å². The zero-order chi connectivity index (χ0) is 18.2. The van der Waals surface area contributed by atoms with Gasteiger partial charge in [0.25, 0.3) is 0 Å². The summed E-state index contributed by atoms with van der Waals surface area (Å²) < 4.78 is 5.60. The number of aromatic hydroxyl groups is 1. The van der Waals surface area contributed by atoms with Gasteiger partial charge in [-0.25, -0.2) is 0 Å². The average Bonchev–Trinajstić information content (AvgIpc) is 2.58. The Balaban J connectivity index is 2.03. The first-order valence-corrected chi connectivity index (χ1v) is 8.06. The number of carbonyl (C=O) groups is 1. The van der Waals surface area contributed by atoms with E-state index < -0.39 is 21.8 Å². The molecule has 1 N–H and O–H groups in total. The predicted molar refractivity (Wildman–Crippen MR) is 92.0 cm³/mol. The maximum absolute atomic E-state index is 12.7. The van der Waals surface area contributed by atoms with Crippen LogP contribution in [0.25, 0.3) is 0 Å². The van der Waals surface area contributed by atoms with Gasteiger partial charge in [0.1, 0.15) is 12.2 Å². The summed E-state index contributed by atoms with van der Waals surface area (Å²) in [5.74, 6) is -0.877. The number of phenols is 1. The maximum atomic E-state index is 12.7. The highest BCUT2D eigenvalue weighted by Gasteiger charge is 2.41. The molecule has 6 nitrogen and oxygen atoms in total. The van der Waals surface area contributed by atoms with Crippen LogP contribution >= 0.6 is 0 Å². The summed E-state index contributed by atoms with van der Waals surface area (Å²) in [6, 6.07) is 10.8. The molecule has 0 amide bonds. The fourth-order valence-corrected chi connectivity index (χ4v) is 3.06. The summed E-state index contributed by atoms with van der Waals surface area (Å²) in [7, 11) is 0. The Hall–Kier alpha value is -2.89. The van der Waals surface area contributed by atoms with Crippen molar-refractivity contribution in [1.82, 2.24) is 0 Å². The molecule has 6 heteroatoms. The van der Waals surface area contributed by atoms with Gasteiger partial charge in [-0.3, -0.25) is 14.9 Å². The minimum atomic E-state index is -0.706. The minimum Gasteiger partial charge on any atom is -0.499 e. The van der Waals surface area contributed by atoms with Gasteiger partial charge in [0.05, 0.1) is 4.92 Å². The molecule has 0 saturated carbocycles. The van der Waals surface area contributed by atoms with Gasteiger partial charge in [-0.15, -0.1) is 0 Å². The van der Waals surface area contributed by atoms with Crippen molar-refractivity contribution in [2.24, 2.45) is 5.41 Å². The van der Waals surface area contributed by atoms with E-state index in [9.17, 15) is 20.0 Å². The van der Waals surface area contributed by atoms with E-state index in [1.165, 1.54) is 0 Å². The molecule has 2 aromatic carbocycles. The van der Waals surface area contributed by atoms with Crippen LogP contribution in [0, 0.1) is 15.5 Å². The van der Waals surface area contributed by atoms with Crippen molar-refractivity contribution < 1.29 is 19.6 Å². The highest BCUT2D eigenvalue weighted by atomic mass is 16.6. The fourth-order valence-electron chi connectivity index (χ4n) is 3.06. The van der Waals surface area contributed by atoms with Crippen LogP contribution in [0.5, 0.6) is 11.5 Å². The molecule has 0 atom stereocenters. The van der Waals surface area contributed by atoms with Gasteiger partial charge in [0.2, 0.25) is 5.75 Å². The third-order valence-electron chi connectivity index (χ3n) is 4.60. The molecule has 0 aliphatic heterocycles. The number of carbonyl (C=O) groups excluding carboxylic acids is 1. The minimum absolute atomic E-state index is 0.00538. The lowest BCUT2D eigenvalue weighted by Gasteiger charge is -2.29. The van der Waals surface area contributed by atoms with Crippen LogP contribution in [0.2, 0.25) is 0 Å². The second kappa shape index (κ2) is 6.20. The van der Waals surface area contributed by atoms with E-state index in [0.717, 1.165) is 5.56 Å². The van der Waals surface area contributed by atoms with E-state index >= 15 is 0 Å². The number of aryl methyl sites for hydroxylation is 1. The van der Waals surface area contributed by atoms with Crippen LogP contribution in [0.15, 0.2) is 36.4 Å². The molecule has 25 heavy (non-hydrogen) atoms. The number of hydrogen-bond donors (Lipinski definition) is 1. The van der Waals surface area contributed by atoms with Crippen LogP contribution in [-0.2, 0) is 13.0 Å². The Kier molecular flexibility index (Phi) is 4.20. The average molecular weight is 341 g/mol. The Morgan fingerprint density at radius 2 is 1.96 bits per heavy atom. The predicted octanol–water partition coefficient (Wildman–Crippen LogP) is 4.03. The second-order valence-corrected chi connectivity index (χ2v) is 6.85. The van der Waals surface area contributed by atoms with Crippen LogP contribution in [0.1, 0.15) is 41.8 Å². The Bertz CT molecular complexity index is 843. The van der Waals surface area contributed by atoms with Gasteiger partial charge in [-0.1, -0.05) is 44.2 Å². The molecular weight excluding hydrogens is 322 g/mol. The number of ether oxygens (including phenoxy) is 1. The first kappa shape index (κ1) is 17.0. The number of nitrogens with zero attached hydrogens (tertiary/aromatic N) is 1. The lowest BCUT2D eigenvalue weighted by atomic mass is 9.72. The molecule has 0 aromatic heterocycles. The van der Waals surface area contributed by atoms with Crippen LogP contribution in [0.4, 0.5) is 5.69 Å². The summed E-state index contributed by atoms with van der Waals surface area (Å²) in [5, 5.41) is 21.9. The van der Waals surface area contributed by atoms with Gasteiger partial charge < -0.3 is 9.84 Å². The Labute approximate surface area is 145 Å². The van der Waals surface area contributed by atoms with Gasteiger partial charge in [0, 0.05) is 5.41 Å². The van der Waals surface area contributed by atoms with Crippen LogP contribution in [-0.4, -0.2) is 15.8 Å². The summed E-state index contributed by atoms with van der Waals surface area (Å²) in [4.78, 5) is 23.5. The van der Waals surface area contributed by atoms with E-state index in [1.54, 1.807) is 19.9 Å². The van der Waals surface area contributed by atoms with E-state index in [1.807, 2.05) is 30.3 Å². The maximum Gasteiger partial charge on any atom is 0.325 e. The monoisotopic (exact) mass is 341 g/mol. The van der Waals surface area contributed by atoms with E-state index in [0.29, 0.717) is 18.4 Å². The standard InChI is InChI=1S/C19H19NO5/c1-19(2)9-8-13-10-14(25-11-12-6-4-3-5-7-12)17(21)16(20(23)24)15(13)18(19)22/h3-7,10,21H,8-9,11H2,1-2H3. The van der Waals surface area contributed by atoms with Gasteiger partial charge in [-0.2, -0.15) is 0 Å². The molecule has 3 rings (SSSR count). The van der Waals surface area contributed by atoms with E-state index in [2.05, 4.69) is 0 Å². The molecule has 0 heterocycles. The smallest absolute Gasteiger partial charge is 0.325 e.